The molecule has 2 rings (SSSR count). The van der Waals surface area contributed by atoms with Gasteiger partial charge in [0, 0.05) is 18.8 Å². The molecule has 0 saturated carbocycles. The van der Waals surface area contributed by atoms with Crippen LogP contribution >= 0.6 is 0 Å². The monoisotopic (exact) mass is 176 g/mol. The van der Waals surface area contributed by atoms with E-state index in [0.717, 1.165) is 17.0 Å². The van der Waals surface area contributed by atoms with Crippen LogP contribution in [0.2, 0.25) is 0 Å². The van der Waals surface area contributed by atoms with E-state index in [1.165, 1.54) is 0 Å². The van der Waals surface area contributed by atoms with Crippen LogP contribution in [0.1, 0.15) is 5.56 Å². The van der Waals surface area contributed by atoms with Gasteiger partial charge in [0.1, 0.15) is 5.82 Å². The number of nitrogens with two attached hydrogens (primary N) is 1. The van der Waals surface area contributed by atoms with Gasteiger partial charge in [-0.2, -0.15) is 5.10 Å². The number of hydrogen-bond acceptors (Lipinski definition) is 2. The fraction of sp³-hybridized carbons (Fsp3) is 0.222. The van der Waals surface area contributed by atoms with Crippen LogP contribution in [0.25, 0.3) is 11.4 Å². The van der Waals surface area contributed by atoms with Gasteiger partial charge in [0.25, 0.3) is 0 Å². The maximum atomic E-state index is 5.70. The lowest BCUT2D eigenvalue weighted by molar-refractivity contribution is 0.778. The molecule has 0 aliphatic rings. The largest absolute Gasteiger partial charge is 0.382 e. The second-order valence-corrected chi connectivity index (χ2v) is 3.07. The van der Waals surface area contributed by atoms with Crippen molar-refractivity contribution in [2.45, 2.75) is 6.92 Å². The number of H-pyrrole nitrogens is 1. The first-order chi connectivity index (χ1) is 6.20. The van der Waals surface area contributed by atoms with Gasteiger partial charge in [-0.3, -0.25) is 4.68 Å². The molecule has 0 fully saturated rings. The highest BCUT2D eigenvalue weighted by atomic mass is 15.3. The van der Waals surface area contributed by atoms with E-state index in [4.69, 9.17) is 5.73 Å². The van der Waals surface area contributed by atoms with Crippen molar-refractivity contribution in [3.05, 3.63) is 23.9 Å². The molecule has 0 aliphatic heterocycles. The molecule has 0 bridgehead atoms. The number of anilines is 1. The summed E-state index contributed by atoms with van der Waals surface area (Å²) < 4.78 is 1.79. The number of aromatic amines is 1. The average molecular weight is 176 g/mol. The van der Waals surface area contributed by atoms with E-state index >= 15 is 0 Å². The summed E-state index contributed by atoms with van der Waals surface area (Å²) in [5, 5.41) is 4.14. The molecule has 2 aromatic heterocycles. The molecular formula is C9H12N4. The number of hydrogen-bond donors (Lipinski definition) is 2. The SMILES string of the molecule is Cc1c(N)nn(C)c1-c1ccc[nH]1. The van der Waals surface area contributed by atoms with Crippen LogP contribution in [0.15, 0.2) is 18.3 Å². The summed E-state index contributed by atoms with van der Waals surface area (Å²) in [5.74, 6) is 0.590. The van der Waals surface area contributed by atoms with Gasteiger partial charge in [-0.15, -0.1) is 0 Å². The number of aryl methyl sites for hydroxylation is 1. The Kier molecular flexibility index (Phi) is 1.62. The quantitative estimate of drug-likeness (QED) is 0.688. The van der Waals surface area contributed by atoms with E-state index in [9.17, 15) is 0 Å². The van der Waals surface area contributed by atoms with E-state index in [-0.39, 0.29) is 0 Å². The normalized spacial score (nSPS) is 10.6. The number of rotatable bonds is 1. The van der Waals surface area contributed by atoms with Crippen LogP contribution < -0.4 is 5.73 Å². The second-order valence-electron chi connectivity index (χ2n) is 3.07. The van der Waals surface area contributed by atoms with Crippen molar-refractivity contribution >= 4 is 5.82 Å². The minimum Gasteiger partial charge on any atom is -0.382 e. The Morgan fingerprint density at radius 1 is 1.54 bits per heavy atom. The summed E-state index contributed by atoms with van der Waals surface area (Å²) in [6, 6.07) is 3.96. The first-order valence-corrected chi connectivity index (χ1v) is 4.13. The topological polar surface area (TPSA) is 59.6 Å². The molecule has 4 nitrogen and oxygen atoms in total. The third kappa shape index (κ3) is 1.11. The van der Waals surface area contributed by atoms with Crippen LogP contribution in [0.5, 0.6) is 0 Å². The van der Waals surface area contributed by atoms with Crippen LogP contribution in [0.3, 0.4) is 0 Å². The van der Waals surface area contributed by atoms with E-state index in [1.807, 2.05) is 32.3 Å². The predicted octanol–water partition coefficient (Wildman–Crippen LogP) is 1.31. The molecule has 13 heavy (non-hydrogen) atoms. The highest BCUT2D eigenvalue weighted by molar-refractivity contribution is 5.65. The van der Waals surface area contributed by atoms with Gasteiger partial charge >= 0.3 is 0 Å². The smallest absolute Gasteiger partial charge is 0.149 e. The molecule has 0 aliphatic carbocycles. The van der Waals surface area contributed by atoms with Crippen molar-refractivity contribution in [1.29, 1.82) is 0 Å². The van der Waals surface area contributed by atoms with Crippen LogP contribution in [0.4, 0.5) is 5.82 Å². The molecule has 0 atom stereocenters. The standard InChI is InChI=1S/C9H12N4/c1-6-8(7-4-3-5-11-7)13(2)12-9(6)10/h3-5,11H,1-2H3,(H2,10,12). The fourth-order valence-electron chi connectivity index (χ4n) is 1.50. The van der Waals surface area contributed by atoms with Crippen LogP contribution in [0, 0.1) is 6.92 Å². The second kappa shape index (κ2) is 2.65. The summed E-state index contributed by atoms with van der Waals surface area (Å²) in [5.41, 5.74) is 8.81. The van der Waals surface area contributed by atoms with Crippen molar-refractivity contribution in [3.63, 3.8) is 0 Å². The molecule has 0 spiro atoms. The van der Waals surface area contributed by atoms with Gasteiger partial charge in [-0.1, -0.05) is 0 Å². The summed E-state index contributed by atoms with van der Waals surface area (Å²) in [7, 11) is 1.89. The average Bonchev–Trinajstić information content (AvgIpc) is 2.63. The molecule has 68 valence electrons. The Hall–Kier alpha value is -1.71. The van der Waals surface area contributed by atoms with Gasteiger partial charge in [0.2, 0.25) is 0 Å². The third-order valence-corrected chi connectivity index (χ3v) is 2.17. The maximum absolute atomic E-state index is 5.70. The lowest BCUT2D eigenvalue weighted by Crippen LogP contribution is -1.94. The van der Waals surface area contributed by atoms with Gasteiger partial charge < -0.3 is 10.7 Å². The van der Waals surface area contributed by atoms with Crippen LogP contribution in [-0.2, 0) is 7.05 Å². The van der Waals surface area contributed by atoms with Crippen LogP contribution in [-0.4, -0.2) is 14.8 Å². The zero-order valence-corrected chi connectivity index (χ0v) is 7.70. The van der Waals surface area contributed by atoms with E-state index in [2.05, 4.69) is 10.1 Å². The first-order valence-electron chi connectivity index (χ1n) is 4.13. The first kappa shape index (κ1) is 7.91. The van der Waals surface area contributed by atoms with Crippen molar-refractivity contribution < 1.29 is 0 Å². The van der Waals surface area contributed by atoms with E-state index < -0.39 is 0 Å². The van der Waals surface area contributed by atoms with E-state index in [0.29, 0.717) is 5.82 Å². The van der Waals surface area contributed by atoms with Gasteiger partial charge in [0.15, 0.2) is 0 Å². The number of nitrogens with zero attached hydrogens (tertiary/aromatic N) is 2. The number of nitrogen functional groups attached to an aromatic ring is 1. The van der Waals surface area contributed by atoms with E-state index in [1.54, 1.807) is 4.68 Å². The summed E-state index contributed by atoms with van der Waals surface area (Å²) in [4.78, 5) is 3.13. The molecule has 3 N–H and O–H groups in total. The zero-order chi connectivity index (χ0) is 9.42. The maximum Gasteiger partial charge on any atom is 0.149 e. The molecule has 0 saturated heterocycles. The minimum absolute atomic E-state index is 0.590. The van der Waals surface area contributed by atoms with Crippen molar-refractivity contribution in [2.75, 3.05) is 5.73 Å². The van der Waals surface area contributed by atoms with Crippen molar-refractivity contribution in [3.8, 4) is 11.4 Å². The molecule has 0 unspecified atom stereocenters. The molecule has 0 amide bonds. The lowest BCUT2D eigenvalue weighted by Gasteiger charge is -1.99. The molecule has 4 heteroatoms. The zero-order valence-electron chi connectivity index (χ0n) is 7.70. The van der Waals surface area contributed by atoms with Gasteiger partial charge in [0.05, 0.1) is 11.4 Å². The molecule has 0 aromatic carbocycles. The molecule has 0 radical (unpaired) electrons. The Labute approximate surface area is 76.4 Å². The Morgan fingerprint density at radius 3 is 2.77 bits per heavy atom. The molecular weight excluding hydrogens is 164 g/mol. The summed E-state index contributed by atoms with van der Waals surface area (Å²) in [6.07, 6.45) is 1.89. The van der Waals surface area contributed by atoms with Crippen molar-refractivity contribution in [2.24, 2.45) is 7.05 Å². The number of nitrogens with one attached hydrogen (secondary N) is 1. The Morgan fingerprint density at radius 2 is 2.31 bits per heavy atom. The third-order valence-electron chi connectivity index (χ3n) is 2.17. The molecule has 2 aromatic rings. The van der Waals surface area contributed by atoms with Gasteiger partial charge in [-0.25, -0.2) is 0 Å². The lowest BCUT2D eigenvalue weighted by atomic mass is 10.2. The van der Waals surface area contributed by atoms with Gasteiger partial charge in [-0.05, 0) is 19.1 Å². The summed E-state index contributed by atoms with van der Waals surface area (Å²) >= 11 is 0. The minimum atomic E-state index is 0.590. The summed E-state index contributed by atoms with van der Waals surface area (Å²) in [6.45, 7) is 1.97. The number of aromatic nitrogens is 3. The Balaban J connectivity index is 2.64. The van der Waals surface area contributed by atoms with Crippen molar-refractivity contribution in [1.82, 2.24) is 14.8 Å². The molecule has 2 heterocycles. The highest BCUT2D eigenvalue weighted by Crippen LogP contribution is 2.24. The fourth-order valence-corrected chi connectivity index (χ4v) is 1.50. The highest BCUT2D eigenvalue weighted by Gasteiger charge is 2.11. The predicted molar refractivity (Wildman–Crippen MR) is 52.1 cm³/mol. The Bertz CT molecular complexity index is 411.